The first-order valence-corrected chi connectivity index (χ1v) is 3.12. The second kappa shape index (κ2) is 3.01. The largest absolute Gasteiger partial charge is 0.293 e. The van der Waals surface area contributed by atoms with Crippen LogP contribution in [0.5, 0.6) is 0 Å². The van der Waals surface area contributed by atoms with E-state index in [1.165, 1.54) is 11.8 Å². The molecule has 0 spiro atoms. The van der Waals surface area contributed by atoms with Gasteiger partial charge in [-0.15, -0.1) is 0 Å². The summed E-state index contributed by atoms with van der Waals surface area (Å²) in [4.78, 5) is 0. The van der Waals surface area contributed by atoms with Crippen LogP contribution in [0.25, 0.3) is 0 Å². The third kappa shape index (κ3) is 1.58. The van der Waals surface area contributed by atoms with E-state index in [-0.39, 0.29) is 0 Å². The van der Waals surface area contributed by atoms with Gasteiger partial charge in [-0.05, 0) is 24.2 Å². The maximum Gasteiger partial charge on any atom is 0.220 e. The van der Waals surface area contributed by atoms with E-state index in [1.807, 2.05) is 36.3 Å². The molecule has 1 aromatic carbocycles. The lowest BCUT2D eigenvalue weighted by Crippen LogP contribution is -2.64. The monoisotopic (exact) mass is 136 g/mol. The highest BCUT2D eigenvalue weighted by molar-refractivity contribution is 5.74. The highest BCUT2D eigenvalue weighted by Crippen LogP contribution is 1.98. The summed E-state index contributed by atoms with van der Waals surface area (Å²) in [7, 11) is 0. The Hall–Kier alpha value is -1.31. The Labute approximate surface area is 59.8 Å². The molecule has 0 atom stereocenters. The molecule has 0 bridgehead atoms. The highest BCUT2D eigenvalue weighted by Gasteiger charge is 1.88. The van der Waals surface area contributed by atoms with E-state index in [9.17, 15) is 0 Å². The van der Waals surface area contributed by atoms with Gasteiger partial charge in [0, 0.05) is 5.56 Å². The Bertz CT molecular complexity index is 226. The maximum absolute atomic E-state index is 8.28. The molecule has 0 saturated carbocycles. The summed E-state index contributed by atoms with van der Waals surface area (Å²) in [5.41, 5.74) is 2.18. The molecule has 10 heavy (non-hydrogen) atoms. The molecule has 0 aliphatic carbocycles. The van der Waals surface area contributed by atoms with Crippen molar-refractivity contribution in [2.75, 3.05) is 0 Å². The van der Waals surface area contributed by atoms with Crippen LogP contribution in [-0.4, -0.2) is 11.4 Å². The Kier molecular flexibility index (Phi) is 2.05. The van der Waals surface area contributed by atoms with Crippen molar-refractivity contribution in [3.8, 4) is 0 Å². The van der Waals surface area contributed by atoms with E-state index in [4.69, 9.17) is 5.21 Å². The van der Waals surface area contributed by atoms with Crippen LogP contribution in [0.2, 0.25) is 0 Å². The van der Waals surface area contributed by atoms with Crippen molar-refractivity contribution in [3.05, 3.63) is 35.4 Å². The second-order valence-electron chi connectivity index (χ2n) is 2.18. The lowest BCUT2D eigenvalue weighted by Gasteiger charge is -1.88. The number of hydrogen-bond donors (Lipinski definition) is 2. The minimum atomic E-state index is 0.966. The van der Waals surface area contributed by atoms with Gasteiger partial charge in [0.2, 0.25) is 6.21 Å². The molecule has 0 aliphatic heterocycles. The maximum atomic E-state index is 8.28. The molecule has 0 fully saturated rings. The minimum absolute atomic E-state index is 0.966. The van der Waals surface area contributed by atoms with Crippen LogP contribution in [0.3, 0.4) is 0 Å². The van der Waals surface area contributed by atoms with Gasteiger partial charge in [-0.2, -0.15) is 0 Å². The molecule has 2 nitrogen and oxygen atoms in total. The molecule has 0 heterocycles. The first kappa shape index (κ1) is 6.81. The smallest absolute Gasteiger partial charge is 0.220 e. The van der Waals surface area contributed by atoms with Gasteiger partial charge in [0.1, 0.15) is 0 Å². The summed E-state index contributed by atoms with van der Waals surface area (Å²) in [6.07, 6.45) is 1.53. The van der Waals surface area contributed by atoms with Crippen LogP contribution in [0.4, 0.5) is 0 Å². The van der Waals surface area contributed by atoms with E-state index in [0.29, 0.717) is 0 Å². The van der Waals surface area contributed by atoms with Gasteiger partial charge in [-0.3, -0.25) is 5.21 Å². The number of hydrogen-bond acceptors (Lipinski definition) is 1. The fraction of sp³-hybridized carbons (Fsp3) is 0.125. The SMILES string of the molecule is Cc1ccc(/C=[NH+]/O)cc1. The molecule has 2 heteroatoms. The van der Waals surface area contributed by atoms with Gasteiger partial charge in [0.05, 0.1) is 0 Å². The van der Waals surface area contributed by atoms with Gasteiger partial charge in [0.15, 0.2) is 0 Å². The molecule has 0 aliphatic rings. The molecule has 1 aromatic rings. The van der Waals surface area contributed by atoms with E-state index in [0.717, 1.165) is 5.56 Å². The van der Waals surface area contributed by atoms with Crippen molar-refractivity contribution in [1.29, 1.82) is 0 Å². The molecule has 0 radical (unpaired) electrons. The fourth-order valence-electron chi connectivity index (χ4n) is 0.737. The van der Waals surface area contributed by atoms with Crippen molar-refractivity contribution in [1.82, 2.24) is 0 Å². The third-order valence-electron chi connectivity index (χ3n) is 1.31. The van der Waals surface area contributed by atoms with Gasteiger partial charge >= 0.3 is 0 Å². The summed E-state index contributed by atoms with van der Waals surface area (Å²) >= 11 is 0. The highest BCUT2D eigenvalue weighted by atomic mass is 16.4. The average Bonchev–Trinajstić information content (AvgIpc) is 1.95. The molecule has 0 unspecified atom stereocenters. The van der Waals surface area contributed by atoms with Crippen LogP contribution < -0.4 is 5.16 Å². The van der Waals surface area contributed by atoms with Crippen LogP contribution in [0.15, 0.2) is 24.3 Å². The van der Waals surface area contributed by atoms with Crippen LogP contribution >= 0.6 is 0 Å². The summed E-state index contributed by atoms with van der Waals surface area (Å²) in [5.74, 6) is 0. The summed E-state index contributed by atoms with van der Waals surface area (Å²) in [5, 5.41) is 10.3. The normalized spacial score (nSPS) is 10.5. The lowest BCUT2D eigenvalue weighted by molar-refractivity contribution is -0.733. The molecule has 1 rings (SSSR count). The van der Waals surface area contributed by atoms with Gasteiger partial charge in [0.25, 0.3) is 0 Å². The van der Waals surface area contributed by atoms with Crippen molar-refractivity contribution < 1.29 is 10.4 Å². The zero-order chi connectivity index (χ0) is 7.40. The predicted octanol–water partition coefficient (Wildman–Crippen LogP) is -0.116. The van der Waals surface area contributed by atoms with Crippen molar-refractivity contribution in [3.63, 3.8) is 0 Å². The molecular weight excluding hydrogens is 126 g/mol. The second-order valence-corrected chi connectivity index (χ2v) is 2.18. The van der Waals surface area contributed by atoms with Crippen molar-refractivity contribution in [2.45, 2.75) is 6.92 Å². The van der Waals surface area contributed by atoms with E-state index < -0.39 is 0 Å². The Balaban J connectivity index is 2.89. The van der Waals surface area contributed by atoms with Crippen LogP contribution in [0, 0.1) is 6.92 Å². The quantitative estimate of drug-likeness (QED) is 0.315. The fourth-order valence-corrected chi connectivity index (χ4v) is 0.737. The summed E-state index contributed by atoms with van der Waals surface area (Å²) in [6, 6.07) is 7.84. The molecule has 0 aromatic heterocycles. The molecular formula is C8H10NO+. The predicted molar refractivity (Wildman–Crippen MR) is 39.1 cm³/mol. The Morgan fingerprint density at radius 3 is 2.40 bits per heavy atom. The first-order valence-electron chi connectivity index (χ1n) is 3.12. The van der Waals surface area contributed by atoms with Gasteiger partial charge < -0.3 is 0 Å². The summed E-state index contributed by atoms with van der Waals surface area (Å²) < 4.78 is 0. The average molecular weight is 136 g/mol. The molecule has 0 amide bonds. The zero-order valence-electron chi connectivity index (χ0n) is 5.83. The van der Waals surface area contributed by atoms with Gasteiger partial charge in [-0.25, -0.2) is 0 Å². The molecule has 2 N–H and O–H groups in total. The topological polar surface area (TPSA) is 34.2 Å². The summed E-state index contributed by atoms with van der Waals surface area (Å²) in [6.45, 7) is 2.02. The van der Waals surface area contributed by atoms with Crippen molar-refractivity contribution in [2.24, 2.45) is 0 Å². The van der Waals surface area contributed by atoms with E-state index in [1.54, 1.807) is 0 Å². The minimum Gasteiger partial charge on any atom is -0.293 e. The van der Waals surface area contributed by atoms with Crippen molar-refractivity contribution >= 4 is 6.21 Å². The molecule has 0 saturated heterocycles. The first-order chi connectivity index (χ1) is 4.83. The molecule has 52 valence electrons. The number of aryl methyl sites for hydroxylation is 1. The number of benzene rings is 1. The number of rotatable bonds is 1. The standard InChI is InChI=1S/C8H9NO/c1-7-2-4-8(5-3-7)6-9-10/h2-6,10H,1H3/p+1/b9-6+. The lowest BCUT2D eigenvalue weighted by atomic mass is 10.2. The van der Waals surface area contributed by atoms with Gasteiger partial charge in [-0.1, -0.05) is 17.7 Å². The Morgan fingerprint density at radius 1 is 1.30 bits per heavy atom. The van der Waals surface area contributed by atoms with Crippen LogP contribution in [-0.2, 0) is 0 Å². The van der Waals surface area contributed by atoms with E-state index in [2.05, 4.69) is 0 Å². The van der Waals surface area contributed by atoms with E-state index >= 15 is 0 Å². The number of nitrogens with one attached hydrogen (secondary N) is 1. The third-order valence-corrected chi connectivity index (χ3v) is 1.31. The van der Waals surface area contributed by atoms with Crippen LogP contribution in [0.1, 0.15) is 11.1 Å². The Morgan fingerprint density at radius 2 is 1.90 bits per heavy atom. The zero-order valence-corrected chi connectivity index (χ0v) is 5.83.